The molecule has 0 bridgehead atoms. The summed E-state index contributed by atoms with van der Waals surface area (Å²) in [6.07, 6.45) is 1.40. The minimum absolute atomic E-state index is 0.110. The molecule has 2 aromatic carbocycles. The summed E-state index contributed by atoms with van der Waals surface area (Å²) in [5.41, 5.74) is 0.207. The van der Waals surface area contributed by atoms with Crippen LogP contribution in [-0.2, 0) is 26.0 Å². The van der Waals surface area contributed by atoms with E-state index in [0.717, 1.165) is 6.42 Å². The molecule has 236 valence electrons. The van der Waals surface area contributed by atoms with Crippen molar-refractivity contribution in [3.63, 3.8) is 0 Å². The minimum atomic E-state index is -4.16. The van der Waals surface area contributed by atoms with E-state index in [4.69, 9.17) is 18.9 Å². The number of carbonyl (C=O) groups excluding carboxylic acids is 1. The van der Waals surface area contributed by atoms with Crippen molar-refractivity contribution in [3.05, 3.63) is 58.3 Å². The molecule has 0 saturated carbocycles. The van der Waals surface area contributed by atoms with Gasteiger partial charge in [-0.1, -0.05) is 6.92 Å². The number of aromatic nitrogens is 4. The number of benzene rings is 2. The second kappa shape index (κ2) is 13.0. The van der Waals surface area contributed by atoms with Gasteiger partial charge < -0.3 is 23.9 Å². The van der Waals surface area contributed by atoms with E-state index in [-0.39, 0.29) is 27.7 Å². The Bertz CT molecular complexity index is 1840. The number of H-pyrrole nitrogens is 1. The molecular formula is C30H37N5O8S. The molecule has 0 aliphatic heterocycles. The maximum Gasteiger partial charge on any atom is 0.344 e. The molecule has 2 heterocycles. The number of carbonyl (C=O) groups is 1. The van der Waals surface area contributed by atoms with Crippen molar-refractivity contribution in [2.75, 3.05) is 25.0 Å². The van der Waals surface area contributed by atoms with E-state index in [1.54, 1.807) is 34.6 Å². The average Bonchev–Trinajstić information content (AvgIpc) is 3.26. The van der Waals surface area contributed by atoms with Crippen LogP contribution >= 0.6 is 0 Å². The molecule has 14 heteroatoms. The fraction of sp³-hybridized carbons (Fsp3) is 0.400. The molecule has 0 spiro atoms. The van der Waals surface area contributed by atoms with E-state index < -0.39 is 33.8 Å². The van der Waals surface area contributed by atoms with E-state index in [1.165, 1.54) is 48.0 Å². The summed E-state index contributed by atoms with van der Waals surface area (Å²) in [7, 11) is -2.74. The smallest absolute Gasteiger partial charge is 0.344 e. The number of hydrogen-bond acceptors (Lipinski definition) is 10. The molecule has 2 aromatic heterocycles. The maximum absolute atomic E-state index is 13.6. The molecule has 0 saturated heterocycles. The van der Waals surface area contributed by atoms with Crippen molar-refractivity contribution in [2.45, 2.75) is 64.9 Å². The topological polar surface area (TPSA) is 163 Å². The summed E-state index contributed by atoms with van der Waals surface area (Å²) >= 11 is 0. The lowest BCUT2D eigenvalue weighted by Gasteiger charge is -2.20. The standard InChI is InChI=1S/C30H37N5O8S/c1-8-10-25-31-18(3)27-29(37)32-28(33-35(25)27)21-16-20(12-14-22(21)41-9-2)44(38,39)34-19-11-13-23(40-7)24(15-19)42-17-26(36)43-30(4,5)6/h11-16,34H,8-10,17H2,1-7H3,(H,32,33,37). The van der Waals surface area contributed by atoms with E-state index in [1.807, 2.05) is 6.92 Å². The molecule has 0 aliphatic carbocycles. The van der Waals surface area contributed by atoms with E-state index in [0.29, 0.717) is 41.6 Å². The highest BCUT2D eigenvalue weighted by Gasteiger charge is 2.22. The fourth-order valence-electron chi connectivity index (χ4n) is 4.46. The minimum Gasteiger partial charge on any atom is -0.493 e. The molecule has 44 heavy (non-hydrogen) atoms. The van der Waals surface area contributed by atoms with Crippen molar-refractivity contribution < 1.29 is 32.2 Å². The van der Waals surface area contributed by atoms with Gasteiger partial charge in [0.25, 0.3) is 15.6 Å². The molecular weight excluding hydrogens is 590 g/mol. The van der Waals surface area contributed by atoms with Crippen LogP contribution in [0, 0.1) is 6.92 Å². The Balaban J connectivity index is 1.69. The number of esters is 1. The molecule has 2 N–H and O–H groups in total. The number of rotatable bonds is 12. The van der Waals surface area contributed by atoms with Gasteiger partial charge in [0.2, 0.25) is 0 Å². The van der Waals surface area contributed by atoms with Gasteiger partial charge >= 0.3 is 5.97 Å². The summed E-state index contributed by atoms with van der Waals surface area (Å²) in [5.74, 6) is 0.928. The van der Waals surface area contributed by atoms with Crippen LogP contribution in [0.15, 0.2) is 46.1 Å². The Labute approximate surface area is 255 Å². The third-order valence-electron chi connectivity index (χ3n) is 6.21. The van der Waals surface area contributed by atoms with E-state index >= 15 is 0 Å². The Hall–Kier alpha value is -4.59. The van der Waals surface area contributed by atoms with Crippen molar-refractivity contribution in [1.29, 1.82) is 0 Å². The van der Waals surface area contributed by atoms with Gasteiger partial charge in [0.1, 0.15) is 17.2 Å². The van der Waals surface area contributed by atoms with Crippen LogP contribution in [0.5, 0.6) is 17.2 Å². The van der Waals surface area contributed by atoms with Gasteiger partial charge in [0, 0.05) is 12.5 Å². The number of hydrogen-bond donors (Lipinski definition) is 2. The molecule has 0 amide bonds. The number of aryl methyl sites for hydroxylation is 2. The number of nitrogens with one attached hydrogen (secondary N) is 2. The zero-order valence-electron chi connectivity index (χ0n) is 25.8. The molecule has 0 aliphatic rings. The third kappa shape index (κ3) is 7.30. The predicted octanol–water partition coefficient (Wildman–Crippen LogP) is 4.27. The first-order valence-electron chi connectivity index (χ1n) is 14.1. The maximum atomic E-state index is 13.6. The second-order valence-corrected chi connectivity index (χ2v) is 12.5. The van der Waals surface area contributed by atoms with Gasteiger partial charge in [0.05, 0.1) is 35.6 Å². The first kappa shape index (κ1) is 32.3. The van der Waals surface area contributed by atoms with Crippen LogP contribution in [0.1, 0.15) is 52.6 Å². The number of fused-ring (bicyclic) bond motifs is 1. The number of ether oxygens (including phenoxy) is 4. The van der Waals surface area contributed by atoms with E-state index in [2.05, 4.69) is 19.8 Å². The van der Waals surface area contributed by atoms with Crippen molar-refractivity contribution in [1.82, 2.24) is 19.6 Å². The quantitative estimate of drug-likeness (QED) is 0.217. The lowest BCUT2D eigenvalue weighted by molar-refractivity contribution is -0.157. The van der Waals surface area contributed by atoms with Crippen LogP contribution in [0.25, 0.3) is 16.9 Å². The summed E-state index contributed by atoms with van der Waals surface area (Å²) in [6.45, 7) is 10.6. The van der Waals surface area contributed by atoms with Gasteiger partial charge in [-0.25, -0.2) is 22.7 Å². The van der Waals surface area contributed by atoms with Gasteiger partial charge in [0.15, 0.2) is 29.4 Å². The Morgan fingerprint density at radius 3 is 2.43 bits per heavy atom. The highest BCUT2D eigenvalue weighted by Crippen LogP contribution is 2.33. The number of sulfonamides is 1. The molecule has 0 atom stereocenters. The lowest BCUT2D eigenvalue weighted by atomic mass is 10.2. The second-order valence-electron chi connectivity index (χ2n) is 10.9. The van der Waals surface area contributed by atoms with Crippen LogP contribution in [0.2, 0.25) is 0 Å². The van der Waals surface area contributed by atoms with Crippen molar-refractivity contribution >= 4 is 27.2 Å². The normalized spacial score (nSPS) is 11.8. The molecule has 4 aromatic rings. The average molecular weight is 628 g/mol. The molecule has 4 rings (SSSR count). The Morgan fingerprint density at radius 1 is 1.05 bits per heavy atom. The first-order valence-corrected chi connectivity index (χ1v) is 15.6. The first-order chi connectivity index (χ1) is 20.8. The zero-order valence-corrected chi connectivity index (χ0v) is 26.6. The molecule has 0 unspecified atom stereocenters. The van der Waals surface area contributed by atoms with Crippen LogP contribution in [0.3, 0.4) is 0 Å². The molecule has 0 radical (unpaired) electrons. The number of anilines is 1. The van der Waals surface area contributed by atoms with Gasteiger partial charge in [-0.05, 0) is 71.4 Å². The number of methoxy groups -OCH3 is 1. The fourth-order valence-corrected chi connectivity index (χ4v) is 5.54. The van der Waals surface area contributed by atoms with Crippen LogP contribution in [0.4, 0.5) is 5.69 Å². The highest BCUT2D eigenvalue weighted by molar-refractivity contribution is 7.92. The highest BCUT2D eigenvalue weighted by atomic mass is 32.2. The monoisotopic (exact) mass is 627 g/mol. The van der Waals surface area contributed by atoms with Gasteiger partial charge in [-0.15, -0.1) is 5.10 Å². The summed E-state index contributed by atoms with van der Waals surface area (Å²) < 4.78 is 53.1. The summed E-state index contributed by atoms with van der Waals surface area (Å²) in [6, 6.07) is 8.68. The van der Waals surface area contributed by atoms with Crippen LogP contribution in [-0.4, -0.2) is 59.9 Å². The van der Waals surface area contributed by atoms with Gasteiger partial charge in [-0.2, -0.15) is 0 Å². The summed E-state index contributed by atoms with van der Waals surface area (Å²) in [4.78, 5) is 32.4. The third-order valence-corrected chi connectivity index (χ3v) is 7.59. The van der Waals surface area contributed by atoms with E-state index in [9.17, 15) is 18.0 Å². The lowest BCUT2D eigenvalue weighted by Crippen LogP contribution is -2.27. The number of aromatic amines is 1. The molecule has 0 fully saturated rings. The molecule has 13 nitrogen and oxygen atoms in total. The van der Waals surface area contributed by atoms with Crippen molar-refractivity contribution in [3.8, 4) is 28.6 Å². The van der Waals surface area contributed by atoms with Gasteiger partial charge in [-0.3, -0.25) is 9.52 Å². The predicted molar refractivity (Wildman–Crippen MR) is 164 cm³/mol. The largest absolute Gasteiger partial charge is 0.493 e. The Morgan fingerprint density at radius 2 is 1.77 bits per heavy atom. The SMILES string of the molecule is CCCc1nc(C)c2c(=O)[nH]c(-c3cc(S(=O)(=O)Nc4ccc(OC)c(OCC(=O)OC(C)(C)C)c4)ccc3OCC)nn12. The Kier molecular flexibility index (Phi) is 9.52. The van der Waals surface area contributed by atoms with Crippen LogP contribution < -0.4 is 24.5 Å². The zero-order chi connectivity index (χ0) is 32.2. The van der Waals surface area contributed by atoms with Crippen molar-refractivity contribution in [2.24, 2.45) is 0 Å². The summed E-state index contributed by atoms with van der Waals surface area (Å²) in [5, 5.41) is 4.62. The number of nitrogens with zero attached hydrogens (tertiary/aromatic N) is 3. The number of imidazole rings is 1.